The Balaban J connectivity index is 2.64. The standard InChI is InChI=1S/C11H16ClN3O/c1-7-5-9(12)6-8(2)10(7)16-4-3-15-11(13)14/h5-6H,3-4H2,1-2H3,(H4,13,14,15). The summed E-state index contributed by atoms with van der Waals surface area (Å²) in [6.45, 7) is 4.80. The lowest BCUT2D eigenvalue weighted by molar-refractivity contribution is 0.324. The monoisotopic (exact) mass is 241 g/mol. The van der Waals surface area contributed by atoms with Gasteiger partial charge < -0.3 is 16.2 Å². The van der Waals surface area contributed by atoms with E-state index in [0.29, 0.717) is 18.2 Å². The molecular weight excluding hydrogens is 226 g/mol. The zero-order chi connectivity index (χ0) is 12.1. The number of halogens is 1. The van der Waals surface area contributed by atoms with Crippen LogP contribution in [0, 0.1) is 13.8 Å². The Morgan fingerprint density at radius 3 is 2.38 bits per heavy atom. The minimum absolute atomic E-state index is 0.0770. The second kappa shape index (κ2) is 5.61. The fraction of sp³-hybridized carbons (Fsp3) is 0.364. The van der Waals surface area contributed by atoms with Crippen LogP contribution in [0.2, 0.25) is 5.02 Å². The van der Waals surface area contributed by atoms with Crippen molar-refractivity contribution in [2.45, 2.75) is 13.8 Å². The van der Waals surface area contributed by atoms with Crippen LogP contribution in [-0.2, 0) is 0 Å². The highest BCUT2D eigenvalue weighted by Gasteiger charge is 2.05. The van der Waals surface area contributed by atoms with E-state index in [-0.39, 0.29) is 5.96 Å². The van der Waals surface area contributed by atoms with Gasteiger partial charge in [0.15, 0.2) is 5.96 Å². The van der Waals surface area contributed by atoms with E-state index in [1.807, 2.05) is 26.0 Å². The number of aliphatic imine (C=N–C) groups is 1. The van der Waals surface area contributed by atoms with Gasteiger partial charge in [-0.15, -0.1) is 0 Å². The molecule has 5 heteroatoms. The molecule has 0 bridgehead atoms. The van der Waals surface area contributed by atoms with E-state index in [9.17, 15) is 0 Å². The molecule has 0 aromatic heterocycles. The van der Waals surface area contributed by atoms with Gasteiger partial charge in [0.2, 0.25) is 0 Å². The number of nitrogens with two attached hydrogens (primary N) is 2. The van der Waals surface area contributed by atoms with E-state index >= 15 is 0 Å². The predicted octanol–water partition coefficient (Wildman–Crippen LogP) is 1.61. The number of guanidine groups is 1. The molecule has 0 atom stereocenters. The first-order valence-corrected chi connectivity index (χ1v) is 5.33. The lowest BCUT2D eigenvalue weighted by Crippen LogP contribution is -2.23. The molecule has 0 spiro atoms. The molecule has 4 nitrogen and oxygen atoms in total. The zero-order valence-electron chi connectivity index (χ0n) is 9.46. The van der Waals surface area contributed by atoms with Crippen molar-refractivity contribution in [3.8, 4) is 5.75 Å². The molecule has 0 aliphatic heterocycles. The van der Waals surface area contributed by atoms with Crippen molar-refractivity contribution in [1.29, 1.82) is 0 Å². The van der Waals surface area contributed by atoms with E-state index in [1.165, 1.54) is 0 Å². The topological polar surface area (TPSA) is 73.6 Å². The molecule has 1 rings (SSSR count). The van der Waals surface area contributed by atoms with Crippen LogP contribution in [0.15, 0.2) is 17.1 Å². The van der Waals surface area contributed by atoms with Crippen molar-refractivity contribution in [3.05, 3.63) is 28.3 Å². The van der Waals surface area contributed by atoms with Crippen LogP contribution in [0.1, 0.15) is 11.1 Å². The van der Waals surface area contributed by atoms with Crippen molar-refractivity contribution in [1.82, 2.24) is 0 Å². The van der Waals surface area contributed by atoms with Gasteiger partial charge in [-0.2, -0.15) is 0 Å². The van der Waals surface area contributed by atoms with Crippen molar-refractivity contribution in [2.75, 3.05) is 13.2 Å². The van der Waals surface area contributed by atoms with E-state index in [4.69, 9.17) is 27.8 Å². The van der Waals surface area contributed by atoms with Crippen molar-refractivity contribution >= 4 is 17.6 Å². The molecular formula is C11H16ClN3O. The first-order chi connectivity index (χ1) is 7.50. The first-order valence-electron chi connectivity index (χ1n) is 4.95. The summed E-state index contributed by atoms with van der Waals surface area (Å²) in [6.07, 6.45) is 0. The number of hydrogen-bond donors (Lipinski definition) is 2. The number of rotatable bonds is 4. The Morgan fingerprint density at radius 1 is 1.31 bits per heavy atom. The Hall–Kier alpha value is -1.42. The Labute approximate surface area is 100 Å². The molecule has 1 aromatic rings. The van der Waals surface area contributed by atoms with Gasteiger partial charge in [-0.05, 0) is 37.1 Å². The molecule has 0 unspecified atom stereocenters. The number of nitrogens with zero attached hydrogens (tertiary/aromatic N) is 1. The molecule has 0 saturated heterocycles. The van der Waals surface area contributed by atoms with E-state index < -0.39 is 0 Å². The Morgan fingerprint density at radius 2 is 1.88 bits per heavy atom. The minimum Gasteiger partial charge on any atom is -0.491 e. The van der Waals surface area contributed by atoms with Crippen LogP contribution in [-0.4, -0.2) is 19.1 Å². The zero-order valence-corrected chi connectivity index (χ0v) is 10.2. The smallest absolute Gasteiger partial charge is 0.186 e. The molecule has 0 heterocycles. The van der Waals surface area contributed by atoms with Crippen LogP contribution < -0.4 is 16.2 Å². The summed E-state index contributed by atoms with van der Waals surface area (Å²) in [5.74, 6) is 0.920. The highest BCUT2D eigenvalue weighted by molar-refractivity contribution is 6.30. The average Bonchev–Trinajstić information content (AvgIpc) is 2.14. The molecule has 0 fully saturated rings. The number of hydrogen-bond acceptors (Lipinski definition) is 2. The van der Waals surface area contributed by atoms with Gasteiger partial charge in [0.25, 0.3) is 0 Å². The second-order valence-corrected chi connectivity index (χ2v) is 3.96. The number of benzene rings is 1. The van der Waals surface area contributed by atoms with Gasteiger partial charge in [-0.25, -0.2) is 0 Å². The average molecular weight is 242 g/mol. The highest BCUT2D eigenvalue weighted by atomic mass is 35.5. The quantitative estimate of drug-likeness (QED) is 0.478. The van der Waals surface area contributed by atoms with Crippen LogP contribution in [0.5, 0.6) is 5.75 Å². The van der Waals surface area contributed by atoms with Crippen LogP contribution in [0.4, 0.5) is 0 Å². The van der Waals surface area contributed by atoms with Crippen LogP contribution in [0.3, 0.4) is 0 Å². The molecule has 88 valence electrons. The molecule has 0 aliphatic rings. The second-order valence-electron chi connectivity index (χ2n) is 3.52. The predicted molar refractivity (Wildman–Crippen MR) is 67.1 cm³/mol. The van der Waals surface area contributed by atoms with Gasteiger partial charge in [0.05, 0.1) is 6.54 Å². The molecule has 16 heavy (non-hydrogen) atoms. The van der Waals surface area contributed by atoms with Gasteiger partial charge >= 0.3 is 0 Å². The summed E-state index contributed by atoms with van der Waals surface area (Å²) in [4.78, 5) is 3.84. The largest absolute Gasteiger partial charge is 0.491 e. The number of aryl methyl sites for hydroxylation is 2. The summed E-state index contributed by atoms with van der Waals surface area (Å²) >= 11 is 5.91. The van der Waals surface area contributed by atoms with E-state index in [1.54, 1.807) is 0 Å². The van der Waals surface area contributed by atoms with Crippen molar-refractivity contribution in [3.63, 3.8) is 0 Å². The molecule has 0 saturated carbocycles. The summed E-state index contributed by atoms with van der Waals surface area (Å²) in [5, 5.41) is 0.714. The Kier molecular flexibility index (Phi) is 4.43. The third kappa shape index (κ3) is 3.62. The fourth-order valence-corrected chi connectivity index (χ4v) is 1.77. The molecule has 0 aliphatic carbocycles. The van der Waals surface area contributed by atoms with Crippen molar-refractivity contribution in [2.24, 2.45) is 16.5 Å². The van der Waals surface area contributed by atoms with Gasteiger partial charge in [0.1, 0.15) is 12.4 Å². The van der Waals surface area contributed by atoms with Gasteiger partial charge in [0, 0.05) is 5.02 Å². The first kappa shape index (κ1) is 12.6. The van der Waals surface area contributed by atoms with Crippen LogP contribution >= 0.6 is 11.6 Å². The summed E-state index contributed by atoms with van der Waals surface area (Å²) in [6, 6.07) is 3.73. The molecule has 0 radical (unpaired) electrons. The molecule has 4 N–H and O–H groups in total. The third-order valence-electron chi connectivity index (χ3n) is 2.06. The highest BCUT2D eigenvalue weighted by Crippen LogP contribution is 2.26. The number of ether oxygens (including phenoxy) is 1. The fourth-order valence-electron chi connectivity index (χ4n) is 1.45. The summed E-state index contributed by atoms with van der Waals surface area (Å²) in [5.41, 5.74) is 12.4. The van der Waals surface area contributed by atoms with Gasteiger partial charge in [-0.3, -0.25) is 4.99 Å². The molecule has 1 aromatic carbocycles. The normalized spacial score (nSPS) is 9.94. The SMILES string of the molecule is Cc1cc(Cl)cc(C)c1OCCN=C(N)N. The summed E-state index contributed by atoms with van der Waals surface area (Å²) in [7, 11) is 0. The van der Waals surface area contributed by atoms with E-state index in [0.717, 1.165) is 16.9 Å². The maximum Gasteiger partial charge on any atom is 0.186 e. The van der Waals surface area contributed by atoms with Crippen molar-refractivity contribution < 1.29 is 4.74 Å². The maximum absolute atomic E-state index is 5.91. The van der Waals surface area contributed by atoms with Gasteiger partial charge in [-0.1, -0.05) is 11.6 Å². The maximum atomic E-state index is 5.91. The Bertz CT molecular complexity index is 377. The van der Waals surface area contributed by atoms with Crippen LogP contribution in [0.25, 0.3) is 0 Å². The third-order valence-corrected chi connectivity index (χ3v) is 2.28. The summed E-state index contributed by atoms with van der Waals surface area (Å²) < 4.78 is 5.60. The lowest BCUT2D eigenvalue weighted by Gasteiger charge is -2.11. The molecule has 0 amide bonds. The van der Waals surface area contributed by atoms with E-state index in [2.05, 4.69) is 4.99 Å². The lowest BCUT2D eigenvalue weighted by atomic mass is 10.1. The minimum atomic E-state index is 0.0770.